The van der Waals surface area contributed by atoms with E-state index in [4.69, 9.17) is 9.47 Å². The van der Waals surface area contributed by atoms with E-state index in [0.717, 1.165) is 11.3 Å². The molecule has 2 N–H and O–H groups in total. The van der Waals surface area contributed by atoms with Gasteiger partial charge in [-0.3, -0.25) is 9.59 Å². The number of fused-ring (bicyclic) bond motifs is 1. The van der Waals surface area contributed by atoms with Crippen molar-refractivity contribution in [2.45, 2.75) is 6.42 Å². The fourth-order valence-electron chi connectivity index (χ4n) is 2.29. The summed E-state index contributed by atoms with van der Waals surface area (Å²) in [6.07, 6.45) is 0.254. The van der Waals surface area contributed by atoms with E-state index in [2.05, 4.69) is 10.6 Å². The summed E-state index contributed by atoms with van der Waals surface area (Å²) < 4.78 is 10.4. The fourth-order valence-corrected chi connectivity index (χ4v) is 2.29. The lowest BCUT2D eigenvalue weighted by Gasteiger charge is -2.18. The van der Waals surface area contributed by atoms with E-state index in [0.29, 0.717) is 17.1 Å². The number of amides is 2. The molecule has 0 spiro atoms. The SMILES string of the molecule is COc1ccc(CC(=O)Nc2ccc3c(c2)NC(=O)CO3)cc1. The molecule has 0 bridgehead atoms. The average molecular weight is 312 g/mol. The summed E-state index contributed by atoms with van der Waals surface area (Å²) in [6.45, 7) is 0.0101. The van der Waals surface area contributed by atoms with Crippen LogP contribution in [0.1, 0.15) is 5.56 Å². The second-order valence-corrected chi connectivity index (χ2v) is 5.12. The number of rotatable bonds is 4. The molecule has 1 heterocycles. The van der Waals surface area contributed by atoms with Gasteiger partial charge in [0.1, 0.15) is 11.5 Å². The maximum absolute atomic E-state index is 12.1. The van der Waals surface area contributed by atoms with Gasteiger partial charge in [0.05, 0.1) is 19.2 Å². The van der Waals surface area contributed by atoms with Crippen LogP contribution in [0.3, 0.4) is 0 Å². The highest BCUT2D eigenvalue weighted by molar-refractivity contribution is 5.98. The molecule has 0 atom stereocenters. The van der Waals surface area contributed by atoms with Gasteiger partial charge < -0.3 is 20.1 Å². The number of nitrogens with one attached hydrogen (secondary N) is 2. The summed E-state index contributed by atoms with van der Waals surface area (Å²) in [5.74, 6) is 0.995. The molecule has 6 heteroatoms. The van der Waals surface area contributed by atoms with Gasteiger partial charge in [-0.2, -0.15) is 0 Å². The van der Waals surface area contributed by atoms with Crippen molar-refractivity contribution in [1.82, 2.24) is 0 Å². The Morgan fingerprint density at radius 3 is 2.78 bits per heavy atom. The second-order valence-electron chi connectivity index (χ2n) is 5.12. The third kappa shape index (κ3) is 3.60. The number of methoxy groups -OCH3 is 1. The van der Waals surface area contributed by atoms with Gasteiger partial charge in [0, 0.05) is 5.69 Å². The Bertz CT molecular complexity index is 741. The van der Waals surface area contributed by atoms with Gasteiger partial charge in [0.15, 0.2) is 6.61 Å². The van der Waals surface area contributed by atoms with Crippen molar-refractivity contribution in [3.8, 4) is 11.5 Å². The highest BCUT2D eigenvalue weighted by atomic mass is 16.5. The van der Waals surface area contributed by atoms with Crippen molar-refractivity contribution in [3.63, 3.8) is 0 Å². The van der Waals surface area contributed by atoms with Crippen molar-refractivity contribution in [2.24, 2.45) is 0 Å². The lowest BCUT2D eigenvalue weighted by molar-refractivity contribution is -0.118. The van der Waals surface area contributed by atoms with Crippen LogP contribution in [0, 0.1) is 0 Å². The Hall–Kier alpha value is -3.02. The molecular formula is C17H16N2O4. The number of carbonyl (C=O) groups excluding carboxylic acids is 2. The standard InChI is InChI=1S/C17H16N2O4/c1-22-13-5-2-11(3-6-13)8-16(20)18-12-4-7-15-14(9-12)19-17(21)10-23-15/h2-7,9H,8,10H2,1H3,(H,18,20)(H,19,21). The lowest BCUT2D eigenvalue weighted by atomic mass is 10.1. The minimum absolute atomic E-state index is 0.0101. The van der Waals surface area contributed by atoms with E-state index in [-0.39, 0.29) is 24.8 Å². The molecule has 2 aromatic carbocycles. The van der Waals surface area contributed by atoms with Gasteiger partial charge in [-0.05, 0) is 35.9 Å². The van der Waals surface area contributed by atoms with Crippen LogP contribution in [-0.4, -0.2) is 25.5 Å². The molecule has 3 rings (SSSR count). The number of anilines is 2. The molecule has 0 aliphatic carbocycles. The molecule has 0 unspecified atom stereocenters. The van der Waals surface area contributed by atoms with Crippen molar-refractivity contribution >= 4 is 23.2 Å². The van der Waals surface area contributed by atoms with Gasteiger partial charge in [0.25, 0.3) is 5.91 Å². The van der Waals surface area contributed by atoms with E-state index in [1.54, 1.807) is 25.3 Å². The molecular weight excluding hydrogens is 296 g/mol. The van der Waals surface area contributed by atoms with E-state index >= 15 is 0 Å². The van der Waals surface area contributed by atoms with Crippen molar-refractivity contribution in [2.75, 3.05) is 24.4 Å². The number of carbonyl (C=O) groups is 2. The van der Waals surface area contributed by atoms with Gasteiger partial charge >= 0.3 is 0 Å². The Balaban J connectivity index is 1.65. The Morgan fingerprint density at radius 2 is 2.04 bits per heavy atom. The number of benzene rings is 2. The first-order chi connectivity index (χ1) is 11.1. The van der Waals surface area contributed by atoms with Crippen LogP contribution in [0.2, 0.25) is 0 Å². The van der Waals surface area contributed by atoms with Crippen molar-refractivity contribution < 1.29 is 19.1 Å². The maximum Gasteiger partial charge on any atom is 0.262 e. The zero-order valence-electron chi connectivity index (χ0n) is 12.6. The lowest BCUT2D eigenvalue weighted by Crippen LogP contribution is -2.25. The monoisotopic (exact) mass is 312 g/mol. The quantitative estimate of drug-likeness (QED) is 0.907. The van der Waals surface area contributed by atoms with Crippen LogP contribution < -0.4 is 20.1 Å². The van der Waals surface area contributed by atoms with Crippen LogP contribution in [-0.2, 0) is 16.0 Å². The Labute approximate surface area is 133 Å². The summed E-state index contributed by atoms with van der Waals surface area (Å²) in [5, 5.41) is 5.51. The number of ether oxygens (including phenoxy) is 2. The first kappa shape index (κ1) is 14.9. The third-order valence-electron chi connectivity index (χ3n) is 3.42. The van der Waals surface area contributed by atoms with Crippen LogP contribution in [0.15, 0.2) is 42.5 Å². The minimum Gasteiger partial charge on any atom is -0.497 e. The average Bonchev–Trinajstić information content (AvgIpc) is 2.55. The molecule has 1 aliphatic heterocycles. The van der Waals surface area contributed by atoms with Gasteiger partial charge in [-0.25, -0.2) is 0 Å². The molecule has 6 nitrogen and oxygen atoms in total. The van der Waals surface area contributed by atoms with Crippen LogP contribution >= 0.6 is 0 Å². The van der Waals surface area contributed by atoms with Crippen LogP contribution in [0.25, 0.3) is 0 Å². The van der Waals surface area contributed by atoms with Crippen LogP contribution in [0.5, 0.6) is 11.5 Å². The minimum atomic E-state index is -0.209. The molecule has 2 amide bonds. The summed E-state index contributed by atoms with van der Waals surface area (Å²) in [6, 6.07) is 12.5. The molecule has 0 fully saturated rings. The molecule has 2 aromatic rings. The van der Waals surface area contributed by atoms with Gasteiger partial charge in [-0.15, -0.1) is 0 Å². The molecule has 23 heavy (non-hydrogen) atoms. The van der Waals surface area contributed by atoms with Crippen LogP contribution in [0.4, 0.5) is 11.4 Å². The zero-order chi connectivity index (χ0) is 16.2. The summed E-state index contributed by atoms with van der Waals surface area (Å²) in [7, 11) is 1.60. The maximum atomic E-state index is 12.1. The fraction of sp³-hybridized carbons (Fsp3) is 0.176. The molecule has 0 saturated heterocycles. The summed E-state index contributed by atoms with van der Waals surface area (Å²) in [4.78, 5) is 23.4. The zero-order valence-corrected chi connectivity index (χ0v) is 12.6. The third-order valence-corrected chi connectivity index (χ3v) is 3.42. The normalized spacial score (nSPS) is 12.7. The smallest absolute Gasteiger partial charge is 0.262 e. The predicted octanol–water partition coefficient (Wildman–Crippen LogP) is 2.21. The molecule has 0 aromatic heterocycles. The second kappa shape index (κ2) is 6.39. The first-order valence-corrected chi connectivity index (χ1v) is 7.13. The predicted molar refractivity (Wildman–Crippen MR) is 85.9 cm³/mol. The van der Waals surface area contributed by atoms with E-state index in [1.807, 2.05) is 24.3 Å². The highest BCUT2D eigenvalue weighted by Crippen LogP contribution is 2.30. The van der Waals surface area contributed by atoms with Crippen molar-refractivity contribution in [3.05, 3.63) is 48.0 Å². The van der Waals surface area contributed by atoms with Gasteiger partial charge in [0.2, 0.25) is 5.91 Å². The highest BCUT2D eigenvalue weighted by Gasteiger charge is 2.16. The number of hydrogen-bond acceptors (Lipinski definition) is 4. The molecule has 118 valence electrons. The summed E-state index contributed by atoms with van der Waals surface area (Å²) >= 11 is 0. The Kier molecular flexibility index (Phi) is 4.14. The molecule has 0 radical (unpaired) electrons. The van der Waals surface area contributed by atoms with Gasteiger partial charge in [-0.1, -0.05) is 12.1 Å². The van der Waals surface area contributed by atoms with E-state index in [9.17, 15) is 9.59 Å². The number of hydrogen-bond donors (Lipinski definition) is 2. The molecule has 0 saturated carbocycles. The van der Waals surface area contributed by atoms with E-state index in [1.165, 1.54) is 0 Å². The first-order valence-electron chi connectivity index (χ1n) is 7.13. The largest absolute Gasteiger partial charge is 0.497 e. The van der Waals surface area contributed by atoms with E-state index < -0.39 is 0 Å². The van der Waals surface area contributed by atoms with Crippen molar-refractivity contribution in [1.29, 1.82) is 0 Å². The summed E-state index contributed by atoms with van der Waals surface area (Å²) in [5.41, 5.74) is 2.05. The Morgan fingerprint density at radius 1 is 1.26 bits per heavy atom. The molecule has 1 aliphatic rings. The topological polar surface area (TPSA) is 76.7 Å².